The molecule has 2 bridgehead atoms. The molecule has 5 aliphatic rings. The van der Waals surface area contributed by atoms with E-state index in [0.717, 1.165) is 75.4 Å². The lowest BCUT2D eigenvalue weighted by atomic mass is 9.68. The van der Waals surface area contributed by atoms with Crippen LogP contribution in [0.15, 0.2) is 48.6 Å². The van der Waals surface area contributed by atoms with Crippen LogP contribution in [0.4, 0.5) is 5.69 Å². The molecule has 7 atom stereocenters. The second kappa shape index (κ2) is 13.4. The molecule has 8 nitrogen and oxygen atoms in total. The summed E-state index contributed by atoms with van der Waals surface area (Å²) < 4.78 is 48.3. The lowest BCUT2D eigenvalue weighted by molar-refractivity contribution is -0.0532. The van der Waals surface area contributed by atoms with Gasteiger partial charge in [-0.15, -0.1) is 0 Å². The molecular formula is C37H47ClN2O6S. The molecule has 2 fully saturated rings. The minimum absolute atomic E-state index is 0.0785. The van der Waals surface area contributed by atoms with Crippen LogP contribution in [-0.4, -0.2) is 64.7 Å². The first kappa shape index (κ1) is 32.9. The van der Waals surface area contributed by atoms with Crippen molar-refractivity contribution in [2.24, 2.45) is 17.8 Å². The standard InChI is InChI=1S/C37H47ClN2O6S/c1-24-6-3-9-34(45-21-30-8-5-17-44-30)31-13-10-28(31)20-40-22-37(16-4-7-26-18-29(38)12-14-32(26)37)23-46-35-15-11-27(19-33(35)40)36(41)39-47(42,43)25(24)2/h3,9,11-12,14-15,18-19,24-25,28,30-31,34H,4-8,10,13,16-17,20-23H2,1-2H3,(H,39,41)/b9-3-/t24-,25+,28-,30+,31+,34-,37-/m0/s1. The van der Waals surface area contributed by atoms with Crippen LogP contribution in [0, 0.1) is 17.8 Å². The zero-order valence-electron chi connectivity index (χ0n) is 27.5. The molecule has 1 amide bonds. The van der Waals surface area contributed by atoms with Gasteiger partial charge in [0.25, 0.3) is 5.91 Å². The number of halogens is 1. The summed E-state index contributed by atoms with van der Waals surface area (Å²) in [6, 6.07) is 11.6. The molecule has 1 saturated heterocycles. The molecule has 0 unspecified atom stereocenters. The maximum Gasteiger partial charge on any atom is 0.264 e. The molecule has 2 aromatic carbocycles. The van der Waals surface area contributed by atoms with Gasteiger partial charge in [-0.3, -0.25) is 4.79 Å². The van der Waals surface area contributed by atoms with Gasteiger partial charge in [-0.25, -0.2) is 13.1 Å². The van der Waals surface area contributed by atoms with Crippen LogP contribution < -0.4 is 14.4 Å². The number of allylic oxidation sites excluding steroid dienone is 1. The summed E-state index contributed by atoms with van der Waals surface area (Å²) in [5.41, 5.74) is 3.45. The highest BCUT2D eigenvalue weighted by Gasteiger charge is 2.45. The second-order valence-electron chi connectivity index (χ2n) is 14.5. The maximum atomic E-state index is 13.5. The number of carbonyl (C=O) groups excluding carboxylic acids is 1. The van der Waals surface area contributed by atoms with Crippen molar-refractivity contribution >= 4 is 33.2 Å². The van der Waals surface area contributed by atoms with Crippen molar-refractivity contribution in [1.82, 2.24) is 4.72 Å². The van der Waals surface area contributed by atoms with Gasteiger partial charge in [0.15, 0.2) is 0 Å². The van der Waals surface area contributed by atoms with Gasteiger partial charge in [-0.2, -0.15) is 0 Å². The molecule has 254 valence electrons. The Morgan fingerprint density at radius 2 is 1.98 bits per heavy atom. The number of amides is 1. The first-order valence-electron chi connectivity index (χ1n) is 17.4. The van der Waals surface area contributed by atoms with Crippen molar-refractivity contribution < 1.29 is 27.4 Å². The second-order valence-corrected chi connectivity index (χ2v) is 17.0. The SMILES string of the molecule is C[C@@H]1[C@@H](C)C/C=C\[C@H](OC[C@H]2CCCO2)[C@@H]2CC[C@H]2CN2C[C@@]3(CCCc4cc(Cl)ccc43)COc3ccc(cc32)C(=O)NS1(=O)=O. The van der Waals surface area contributed by atoms with Crippen LogP contribution in [0.1, 0.15) is 80.3 Å². The van der Waals surface area contributed by atoms with Crippen molar-refractivity contribution in [1.29, 1.82) is 0 Å². The van der Waals surface area contributed by atoms with Crippen molar-refractivity contribution in [3.8, 4) is 5.75 Å². The van der Waals surface area contributed by atoms with Gasteiger partial charge in [0.05, 0.1) is 36.4 Å². The normalized spacial score (nSPS) is 34.3. The minimum atomic E-state index is -3.92. The third-order valence-electron chi connectivity index (χ3n) is 11.5. The van der Waals surface area contributed by atoms with Crippen molar-refractivity contribution in [3.63, 3.8) is 0 Å². The van der Waals surface area contributed by atoms with E-state index in [2.05, 4.69) is 33.9 Å². The van der Waals surface area contributed by atoms with Gasteiger partial charge in [-0.05, 0) is 118 Å². The number of nitrogens with zero attached hydrogens (tertiary/aromatic N) is 1. The number of anilines is 1. The Balaban J connectivity index is 1.27. The third kappa shape index (κ3) is 6.70. The number of sulfonamides is 1. The molecule has 2 aliphatic carbocycles. The summed E-state index contributed by atoms with van der Waals surface area (Å²) in [6.07, 6.45) is 12.1. The van der Waals surface area contributed by atoms with Gasteiger partial charge in [0.2, 0.25) is 10.0 Å². The predicted octanol–water partition coefficient (Wildman–Crippen LogP) is 6.45. The Hall–Kier alpha value is -2.59. The van der Waals surface area contributed by atoms with Crippen LogP contribution in [-0.2, 0) is 31.3 Å². The van der Waals surface area contributed by atoms with E-state index in [4.69, 9.17) is 25.8 Å². The molecule has 0 radical (unpaired) electrons. The number of ether oxygens (including phenoxy) is 3. The smallest absolute Gasteiger partial charge is 0.264 e. The predicted molar refractivity (Wildman–Crippen MR) is 184 cm³/mol. The first-order valence-corrected chi connectivity index (χ1v) is 19.3. The summed E-state index contributed by atoms with van der Waals surface area (Å²) in [6.45, 7) is 6.98. The number of aryl methyl sites for hydroxylation is 1. The van der Waals surface area contributed by atoms with Gasteiger partial charge >= 0.3 is 0 Å². The highest BCUT2D eigenvalue weighted by atomic mass is 35.5. The number of nitrogens with one attached hydrogen (secondary N) is 1. The Morgan fingerprint density at radius 1 is 1.11 bits per heavy atom. The molecule has 0 aromatic heterocycles. The fourth-order valence-corrected chi connectivity index (χ4v) is 9.79. The molecule has 1 N–H and O–H groups in total. The van der Waals surface area contributed by atoms with Crippen LogP contribution in [0.2, 0.25) is 5.02 Å². The molecule has 7 rings (SSSR count). The van der Waals surface area contributed by atoms with E-state index in [9.17, 15) is 13.2 Å². The zero-order chi connectivity index (χ0) is 32.8. The fraction of sp³-hybridized carbons (Fsp3) is 0.595. The van der Waals surface area contributed by atoms with Crippen LogP contribution >= 0.6 is 11.6 Å². The van der Waals surface area contributed by atoms with Gasteiger partial charge in [0.1, 0.15) is 5.75 Å². The van der Waals surface area contributed by atoms with E-state index in [0.29, 0.717) is 42.8 Å². The van der Waals surface area contributed by atoms with Crippen molar-refractivity contribution in [2.75, 3.05) is 37.8 Å². The highest BCUT2D eigenvalue weighted by molar-refractivity contribution is 7.90. The van der Waals surface area contributed by atoms with Crippen LogP contribution in [0.3, 0.4) is 0 Å². The van der Waals surface area contributed by atoms with E-state index in [1.807, 2.05) is 25.1 Å². The van der Waals surface area contributed by atoms with E-state index in [1.165, 1.54) is 11.1 Å². The van der Waals surface area contributed by atoms with Crippen molar-refractivity contribution in [3.05, 3.63) is 70.3 Å². The molecule has 2 aromatic rings. The summed E-state index contributed by atoms with van der Waals surface area (Å²) in [5, 5.41) is -0.00975. The average molecular weight is 683 g/mol. The monoisotopic (exact) mass is 682 g/mol. The lowest BCUT2D eigenvalue weighted by Gasteiger charge is -2.46. The first-order chi connectivity index (χ1) is 22.6. The molecule has 1 spiro atoms. The number of hydrogen-bond acceptors (Lipinski definition) is 7. The Morgan fingerprint density at radius 3 is 2.77 bits per heavy atom. The number of fused-ring (bicyclic) bond motifs is 4. The molecule has 3 heterocycles. The van der Waals surface area contributed by atoms with Crippen molar-refractivity contribution in [2.45, 2.75) is 88.1 Å². The molecule has 47 heavy (non-hydrogen) atoms. The van der Waals surface area contributed by atoms with E-state index >= 15 is 0 Å². The quantitative estimate of drug-likeness (QED) is 0.372. The molecule has 1 saturated carbocycles. The van der Waals surface area contributed by atoms with Crippen LogP contribution in [0.5, 0.6) is 5.75 Å². The third-order valence-corrected chi connectivity index (χ3v) is 13.7. The highest BCUT2D eigenvalue weighted by Crippen LogP contribution is 2.47. The topological polar surface area (TPSA) is 94.2 Å². The van der Waals surface area contributed by atoms with Gasteiger partial charge in [0, 0.05) is 35.7 Å². The summed E-state index contributed by atoms with van der Waals surface area (Å²) in [4.78, 5) is 15.9. The fourth-order valence-electron chi connectivity index (χ4n) is 8.31. The van der Waals surface area contributed by atoms with E-state index < -0.39 is 21.2 Å². The molecule has 10 heteroatoms. The molecular weight excluding hydrogens is 636 g/mol. The number of hydrogen-bond donors (Lipinski definition) is 1. The number of rotatable bonds is 3. The lowest BCUT2D eigenvalue weighted by Crippen LogP contribution is -2.50. The van der Waals surface area contributed by atoms with E-state index in [-0.39, 0.29) is 23.5 Å². The Kier molecular flexibility index (Phi) is 9.37. The number of benzene rings is 2. The van der Waals surface area contributed by atoms with Gasteiger partial charge in [-0.1, -0.05) is 36.7 Å². The zero-order valence-corrected chi connectivity index (χ0v) is 29.0. The maximum absolute atomic E-state index is 13.5. The minimum Gasteiger partial charge on any atom is -0.490 e. The van der Waals surface area contributed by atoms with Crippen LogP contribution in [0.25, 0.3) is 0 Å². The van der Waals surface area contributed by atoms with E-state index in [1.54, 1.807) is 13.0 Å². The Labute approximate surface area is 284 Å². The summed E-state index contributed by atoms with van der Waals surface area (Å²) in [5.74, 6) is 0.612. The summed E-state index contributed by atoms with van der Waals surface area (Å²) in [7, 11) is -3.92. The van der Waals surface area contributed by atoms with Gasteiger partial charge < -0.3 is 19.1 Å². The summed E-state index contributed by atoms with van der Waals surface area (Å²) >= 11 is 6.45. The Bertz CT molecular complexity index is 1620. The molecule has 3 aliphatic heterocycles. The average Bonchev–Trinajstić information content (AvgIpc) is 3.51. The number of carbonyl (C=O) groups is 1. The largest absolute Gasteiger partial charge is 0.490 e.